The first kappa shape index (κ1) is 15.9. The number of pyridine rings is 1. The zero-order valence-corrected chi connectivity index (χ0v) is 14.2. The van der Waals surface area contributed by atoms with Crippen LogP contribution >= 0.6 is 12.2 Å². The number of benzene rings is 1. The SMILES string of the molecule is CNC(=S)[C@@]1(c2cnc3ccccc3c2)CCCC[C@@H]1CC#N. The van der Waals surface area contributed by atoms with Crippen LogP contribution in [0.25, 0.3) is 10.9 Å². The average molecular weight is 323 g/mol. The Labute approximate surface area is 142 Å². The van der Waals surface area contributed by atoms with Gasteiger partial charge in [-0.1, -0.05) is 43.3 Å². The van der Waals surface area contributed by atoms with Gasteiger partial charge in [0.1, 0.15) is 0 Å². The van der Waals surface area contributed by atoms with Gasteiger partial charge in [0.05, 0.1) is 22.0 Å². The average Bonchev–Trinajstić information content (AvgIpc) is 2.61. The van der Waals surface area contributed by atoms with Crippen LogP contribution in [-0.4, -0.2) is 17.0 Å². The molecule has 0 saturated heterocycles. The predicted molar refractivity (Wildman–Crippen MR) is 97.3 cm³/mol. The van der Waals surface area contributed by atoms with Gasteiger partial charge in [0.2, 0.25) is 0 Å². The van der Waals surface area contributed by atoms with E-state index in [1.165, 1.54) is 6.42 Å². The van der Waals surface area contributed by atoms with Crippen molar-refractivity contribution in [3.63, 3.8) is 0 Å². The van der Waals surface area contributed by atoms with Gasteiger partial charge in [0, 0.05) is 25.1 Å². The highest BCUT2D eigenvalue weighted by Crippen LogP contribution is 2.46. The minimum absolute atomic E-state index is 0.254. The molecule has 1 aromatic carbocycles. The fraction of sp³-hybridized carbons (Fsp3) is 0.421. The van der Waals surface area contributed by atoms with E-state index in [9.17, 15) is 5.26 Å². The molecule has 1 saturated carbocycles. The molecule has 3 rings (SSSR count). The van der Waals surface area contributed by atoms with E-state index in [0.29, 0.717) is 6.42 Å². The normalized spacial score (nSPS) is 24.1. The van der Waals surface area contributed by atoms with Gasteiger partial charge < -0.3 is 5.32 Å². The summed E-state index contributed by atoms with van der Waals surface area (Å²) in [7, 11) is 1.89. The molecule has 2 atom stereocenters. The first-order valence-corrected chi connectivity index (χ1v) is 8.57. The zero-order chi connectivity index (χ0) is 16.3. The third-order valence-electron chi connectivity index (χ3n) is 5.15. The Morgan fingerprint density at radius 2 is 2.26 bits per heavy atom. The van der Waals surface area contributed by atoms with Crippen molar-refractivity contribution in [1.82, 2.24) is 10.3 Å². The van der Waals surface area contributed by atoms with Crippen LogP contribution in [0.1, 0.15) is 37.7 Å². The van der Waals surface area contributed by atoms with E-state index in [1.54, 1.807) is 0 Å². The molecule has 0 unspecified atom stereocenters. The second kappa shape index (κ2) is 6.64. The highest BCUT2D eigenvalue weighted by atomic mass is 32.1. The summed E-state index contributed by atoms with van der Waals surface area (Å²) in [5.74, 6) is 0.254. The van der Waals surface area contributed by atoms with Gasteiger partial charge in [-0.15, -0.1) is 0 Å². The van der Waals surface area contributed by atoms with Crippen molar-refractivity contribution >= 4 is 28.1 Å². The van der Waals surface area contributed by atoms with Gasteiger partial charge in [-0.25, -0.2) is 0 Å². The summed E-state index contributed by atoms with van der Waals surface area (Å²) in [6.45, 7) is 0. The Kier molecular flexibility index (Phi) is 4.58. The predicted octanol–water partition coefficient (Wildman–Crippen LogP) is 4.12. The molecular formula is C19H21N3S. The van der Waals surface area contributed by atoms with Gasteiger partial charge in [-0.3, -0.25) is 4.98 Å². The van der Waals surface area contributed by atoms with Crippen molar-refractivity contribution in [2.24, 2.45) is 5.92 Å². The number of hydrogen-bond acceptors (Lipinski definition) is 3. The number of thiocarbonyl (C=S) groups is 1. The number of nitrogens with one attached hydrogen (secondary N) is 1. The number of fused-ring (bicyclic) bond motifs is 1. The van der Waals surface area contributed by atoms with Crippen LogP contribution in [0.5, 0.6) is 0 Å². The first-order chi connectivity index (χ1) is 11.2. The molecular weight excluding hydrogens is 302 g/mol. The van der Waals surface area contributed by atoms with E-state index in [4.69, 9.17) is 12.2 Å². The number of nitrogens with zero attached hydrogens (tertiary/aromatic N) is 2. The van der Waals surface area contributed by atoms with E-state index in [-0.39, 0.29) is 11.3 Å². The van der Waals surface area contributed by atoms with Gasteiger partial charge in [0.25, 0.3) is 0 Å². The fourth-order valence-electron chi connectivity index (χ4n) is 3.98. The molecule has 0 bridgehead atoms. The number of para-hydroxylation sites is 1. The fourth-order valence-corrected chi connectivity index (χ4v) is 4.37. The summed E-state index contributed by atoms with van der Waals surface area (Å²) >= 11 is 5.74. The Hall–Kier alpha value is -1.99. The molecule has 0 amide bonds. The molecule has 1 aliphatic carbocycles. The quantitative estimate of drug-likeness (QED) is 0.863. The summed E-state index contributed by atoms with van der Waals surface area (Å²) in [5.41, 5.74) is 1.87. The molecule has 2 aromatic rings. The molecule has 0 spiro atoms. The second-order valence-electron chi connectivity index (χ2n) is 6.27. The molecule has 0 aliphatic heterocycles. The monoisotopic (exact) mass is 323 g/mol. The summed E-state index contributed by atoms with van der Waals surface area (Å²) in [6, 6.07) is 12.7. The van der Waals surface area contributed by atoms with Crippen LogP contribution in [0.3, 0.4) is 0 Å². The van der Waals surface area contributed by atoms with Crippen LogP contribution in [-0.2, 0) is 5.41 Å². The third-order valence-corrected chi connectivity index (χ3v) is 5.71. The molecule has 4 heteroatoms. The van der Waals surface area contributed by atoms with Crippen molar-refractivity contribution < 1.29 is 0 Å². The highest BCUT2D eigenvalue weighted by molar-refractivity contribution is 7.80. The Morgan fingerprint density at radius 3 is 3.04 bits per heavy atom. The van der Waals surface area contributed by atoms with Gasteiger partial charge in [-0.05, 0) is 36.5 Å². The second-order valence-corrected chi connectivity index (χ2v) is 6.68. The summed E-state index contributed by atoms with van der Waals surface area (Å²) in [5, 5.41) is 13.6. The van der Waals surface area contributed by atoms with E-state index in [0.717, 1.165) is 40.7 Å². The molecule has 23 heavy (non-hydrogen) atoms. The third kappa shape index (κ3) is 2.70. The Morgan fingerprint density at radius 1 is 1.43 bits per heavy atom. The topological polar surface area (TPSA) is 48.7 Å². The summed E-state index contributed by atoms with van der Waals surface area (Å²) < 4.78 is 0. The Bertz CT molecular complexity index is 765. The molecule has 1 heterocycles. The van der Waals surface area contributed by atoms with Crippen LogP contribution in [0.15, 0.2) is 36.5 Å². The smallest absolute Gasteiger partial charge is 0.0861 e. The Balaban J connectivity index is 2.16. The number of aromatic nitrogens is 1. The van der Waals surface area contributed by atoms with Crippen LogP contribution in [0.2, 0.25) is 0 Å². The minimum Gasteiger partial charge on any atom is -0.382 e. The number of rotatable bonds is 3. The highest BCUT2D eigenvalue weighted by Gasteiger charge is 2.45. The van der Waals surface area contributed by atoms with Crippen molar-refractivity contribution in [3.8, 4) is 6.07 Å². The summed E-state index contributed by atoms with van der Waals surface area (Å²) in [6.07, 6.45) is 6.83. The van der Waals surface area contributed by atoms with E-state index in [2.05, 4.69) is 28.5 Å². The molecule has 1 fully saturated rings. The van der Waals surface area contributed by atoms with Crippen LogP contribution in [0.4, 0.5) is 0 Å². The van der Waals surface area contributed by atoms with Gasteiger partial charge >= 0.3 is 0 Å². The maximum absolute atomic E-state index is 9.29. The van der Waals surface area contributed by atoms with Crippen molar-refractivity contribution in [2.45, 2.75) is 37.5 Å². The van der Waals surface area contributed by atoms with Gasteiger partial charge in [0.15, 0.2) is 0 Å². The number of nitriles is 1. The lowest BCUT2D eigenvalue weighted by molar-refractivity contribution is 0.255. The molecule has 1 aliphatic rings. The lowest BCUT2D eigenvalue weighted by Crippen LogP contribution is -2.49. The van der Waals surface area contributed by atoms with E-state index < -0.39 is 0 Å². The lowest BCUT2D eigenvalue weighted by Gasteiger charge is -2.44. The van der Waals surface area contributed by atoms with Gasteiger partial charge in [-0.2, -0.15) is 5.26 Å². The molecule has 0 radical (unpaired) electrons. The molecule has 1 N–H and O–H groups in total. The largest absolute Gasteiger partial charge is 0.382 e. The zero-order valence-electron chi connectivity index (χ0n) is 13.4. The van der Waals surface area contributed by atoms with Crippen LogP contribution < -0.4 is 5.32 Å². The van der Waals surface area contributed by atoms with E-state index in [1.807, 2.05) is 31.4 Å². The van der Waals surface area contributed by atoms with Crippen molar-refractivity contribution in [2.75, 3.05) is 7.05 Å². The number of hydrogen-bond donors (Lipinski definition) is 1. The first-order valence-electron chi connectivity index (χ1n) is 8.17. The molecule has 118 valence electrons. The standard InChI is InChI=1S/C19H21N3S/c1-21-18(23)19(10-5-4-7-15(19)9-11-20)16-12-14-6-2-3-8-17(14)22-13-16/h2-3,6,8,12-13,15H,4-5,7,9-10H2,1H3,(H,21,23)/t15-,19+/m1/s1. The summed E-state index contributed by atoms with van der Waals surface area (Å²) in [4.78, 5) is 5.48. The molecule has 1 aromatic heterocycles. The number of likely N-dealkylation sites (N-methyl/N-ethyl adjacent to an activating group) is 1. The maximum atomic E-state index is 9.29. The van der Waals surface area contributed by atoms with Crippen molar-refractivity contribution in [3.05, 3.63) is 42.1 Å². The maximum Gasteiger partial charge on any atom is 0.0861 e. The molecule has 3 nitrogen and oxygen atoms in total. The van der Waals surface area contributed by atoms with E-state index >= 15 is 0 Å². The van der Waals surface area contributed by atoms with Crippen molar-refractivity contribution in [1.29, 1.82) is 5.26 Å². The lowest BCUT2D eigenvalue weighted by atomic mass is 9.61. The van der Waals surface area contributed by atoms with Crippen LogP contribution in [0, 0.1) is 17.2 Å². The minimum atomic E-state index is -0.269.